The van der Waals surface area contributed by atoms with E-state index in [1.165, 1.54) is 29.8 Å². The van der Waals surface area contributed by atoms with Crippen molar-refractivity contribution in [2.75, 3.05) is 6.54 Å². The number of nitrogens with zero attached hydrogens (tertiary/aromatic N) is 4. The third-order valence-corrected chi connectivity index (χ3v) is 5.44. The first-order valence-corrected chi connectivity index (χ1v) is 9.60. The van der Waals surface area contributed by atoms with Crippen molar-refractivity contribution >= 4 is 10.0 Å². The lowest BCUT2D eigenvalue weighted by Gasteiger charge is -2.10. The fraction of sp³-hybridized carbons (Fsp3) is 0.235. The molecule has 27 heavy (non-hydrogen) atoms. The topological polar surface area (TPSA) is 98.9 Å². The minimum atomic E-state index is -3.82. The number of nitrogens with one attached hydrogen (secondary N) is 1. The Morgan fingerprint density at radius 1 is 1.19 bits per heavy atom. The summed E-state index contributed by atoms with van der Waals surface area (Å²) < 4.78 is 43.2. The molecule has 3 aromatic rings. The molecular weight excluding hydrogens is 373 g/mol. The van der Waals surface area contributed by atoms with Gasteiger partial charge < -0.3 is 0 Å². The smallest absolute Gasteiger partial charge is 0.266 e. The van der Waals surface area contributed by atoms with E-state index in [2.05, 4.69) is 14.8 Å². The molecule has 10 heteroatoms. The van der Waals surface area contributed by atoms with E-state index in [1.54, 1.807) is 30.0 Å². The zero-order valence-corrected chi connectivity index (χ0v) is 15.6. The number of rotatable bonds is 6. The van der Waals surface area contributed by atoms with Gasteiger partial charge in [0.05, 0.1) is 11.4 Å². The summed E-state index contributed by atoms with van der Waals surface area (Å²) in [5.74, 6) is 0.734. The van der Waals surface area contributed by atoms with Crippen molar-refractivity contribution < 1.29 is 12.8 Å². The van der Waals surface area contributed by atoms with Crippen molar-refractivity contribution in [3.05, 3.63) is 70.3 Å². The molecule has 0 aliphatic carbocycles. The van der Waals surface area contributed by atoms with E-state index in [0.29, 0.717) is 11.6 Å². The molecule has 8 nitrogen and oxygen atoms in total. The van der Waals surface area contributed by atoms with Crippen molar-refractivity contribution in [2.45, 2.75) is 25.3 Å². The maximum Gasteiger partial charge on any atom is 0.266 e. The monoisotopic (exact) mass is 391 g/mol. The summed E-state index contributed by atoms with van der Waals surface area (Å²) in [5.41, 5.74) is -0.118. The predicted octanol–water partition coefficient (Wildman–Crippen LogP) is 1.16. The normalized spacial score (nSPS) is 11.7. The Bertz CT molecular complexity index is 1140. The summed E-state index contributed by atoms with van der Waals surface area (Å²) in [7, 11) is -3.82. The lowest BCUT2D eigenvalue weighted by atomic mass is 10.2. The minimum absolute atomic E-state index is 0.0375. The Balaban J connectivity index is 1.74. The van der Waals surface area contributed by atoms with Gasteiger partial charge >= 0.3 is 0 Å². The van der Waals surface area contributed by atoms with Crippen LogP contribution >= 0.6 is 0 Å². The zero-order chi connectivity index (χ0) is 19.6. The molecule has 0 amide bonds. The van der Waals surface area contributed by atoms with Crippen LogP contribution in [0.15, 0.2) is 52.4 Å². The number of sulfonamides is 1. The third-order valence-electron chi connectivity index (χ3n) is 3.98. The van der Waals surface area contributed by atoms with Crippen LogP contribution in [0.4, 0.5) is 4.39 Å². The Hall–Kier alpha value is -2.85. The summed E-state index contributed by atoms with van der Waals surface area (Å²) >= 11 is 0. The Kier molecular flexibility index (Phi) is 5.19. The molecule has 2 aromatic heterocycles. The molecule has 0 spiro atoms. The van der Waals surface area contributed by atoms with Gasteiger partial charge in [-0.05, 0) is 43.7 Å². The van der Waals surface area contributed by atoms with E-state index in [1.807, 2.05) is 0 Å². The number of hydrogen-bond donors (Lipinski definition) is 1. The van der Waals surface area contributed by atoms with Crippen LogP contribution in [0.1, 0.15) is 11.4 Å². The van der Waals surface area contributed by atoms with E-state index in [0.717, 1.165) is 6.07 Å². The summed E-state index contributed by atoms with van der Waals surface area (Å²) in [6.07, 6.45) is 3.33. The van der Waals surface area contributed by atoms with Gasteiger partial charge in [0.15, 0.2) is 5.82 Å². The van der Waals surface area contributed by atoms with Gasteiger partial charge in [-0.15, -0.1) is 0 Å². The Labute approximate surface area is 155 Å². The van der Waals surface area contributed by atoms with Crippen LogP contribution in [-0.4, -0.2) is 34.3 Å². The Morgan fingerprint density at radius 3 is 2.63 bits per heavy atom. The summed E-state index contributed by atoms with van der Waals surface area (Å²) in [6, 6.07) is 6.48. The lowest BCUT2D eigenvalue weighted by Crippen LogP contribution is -2.32. The first kappa shape index (κ1) is 18.9. The van der Waals surface area contributed by atoms with E-state index in [4.69, 9.17) is 0 Å². The van der Waals surface area contributed by atoms with Gasteiger partial charge in [-0.25, -0.2) is 27.2 Å². The van der Waals surface area contributed by atoms with Gasteiger partial charge in [0.1, 0.15) is 11.6 Å². The van der Waals surface area contributed by atoms with E-state index >= 15 is 0 Å². The highest BCUT2D eigenvalue weighted by Gasteiger charge is 2.15. The van der Waals surface area contributed by atoms with Crippen LogP contribution in [0.5, 0.6) is 0 Å². The van der Waals surface area contributed by atoms with Crippen LogP contribution in [0, 0.1) is 19.7 Å². The molecule has 2 heterocycles. The SMILES string of the molecule is Cc1cc(S(=O)(=O)NCCn2nc(-n3ccnc3C)ccc2=O)ccc1F. The van der Waals surface area contributed by atoms with Crippen molar-refractivity contribution in [3.8, 4) is 5.82 Å². The van der Waals surface area contributed by atoms with E-state index in [-0.39, 0.29) is 29.1 Å². The molecule has 0 aliphatic rings. The number of aryl methyl sites for hydroxylation is 2. The van der Waals surface area contributed by atoms with Crippen LogP contribution in [0.2, 0.25) is 0 Å². The van der Waals surface area contributed by atoms with Gasteiger partial charge in [0, 0.05) is 25.0 Å². The molecular formula is C17H18FN5O3S. The molecule has 0 unspecified atom stereocenters. The summed E-state index contributed by atoms with van der Waals surface area (Å²) in [4.78, 5) is 16.1. The molecule has 0 radical (unpaired) electrons. The summed E-state index contributed by atoms with van der Waals surface area (Å²) in [6.45, 7) is 3.29. The van der Waals surface area contributed by atoms with Gasteiger partial charge in [0.2, 0.25) is 10.0 Å². The quantitative estimate of drug-likeness (QED) is 0.680. The van der Waals surface area contributed by atoms with Gasteiger partial charge in [-0.3, -0.25) is 9.36 Å². The van der Waals surface area contributed by atoms with Crippen LogP contribution in [0.25, 0.3) is 5.82 Å². The lowest BCUT2D eigenvalue weighted by molar-refractivity contribution is 0.543. The number of hydrogen-bond acceptors (Lipinski definition) is 5. The van der Waals surface area contributed by atoms with Crippen molar-refractivity contribution in [3.63, 3.8) is 0 Å². The second kappa shape index (κ2) is 7.41. The number of aromatic nitrogens is 4. The van der Waals surface area contributed by atoms with Gasteiger partial charge in [-0.1, -0.05) is 0 Å². The maximum absolute atomic E-state index is 13.3. The van der Waals surface area contributed by atoms with Crippen molar-refractivity contribution in [1.82, 2.24) is 24.1 Å². The number of halogens is 1. The Morgan fingerprint density at radius 2 is 1.96 bits per heavy atom. The molecule has 1 aromatic carbocycles. The third kappa shape index (κ3) is 4.12. The second-order valence-electron chi connectivity index (χ2n) is 5.91. The minimum Gasteiger partial charge on any atom is -0.287 e. The average Bonchev–Trinajstić information content (AvgIpc) is 3.05. The highest BCUT2D eigenvalue weighted by molar-refractivity contribution is 7.89. The second-order valence-corrected chi connectivity index (χ2v) is 7.67. The fourth-order valence-corrected chi connectivity index (χ4v) is 3.61. The number of imidazole rings is 1. The van der Waals surface area contributed by atoms with E-state index < -0.39 is 15.8 Å². The standard InChI is InChI=1S/C17H18FN5O3S/c1-12-11-14(3-4-15(12)18)27(25,26)20-8-10-23-17(24)6-5-16(21-23)22-9-7-19-13(22)2/h3-7,9,11,20H,8,10H2,1-2H3. The average molecular weight is 391 g/mol. The summed E-state index contributed by atoms with van der Waals surface area (Å²) in [5, 5.41) is 4.24. The van der Waals surface area contributed by atoms with Crippen LogP contribution in [0.3, 0.4) is 0 Å². The van der Waals surface area contributed by atoms with Crippen molar-refractivity contribution in [2.24, 2.45) is 0 Å². The molecule has 0 fully saturated rings. The molecule has 0 atom stereocenters. The molecule has 0 saturated heterocycles. The molecule has 142 valence electrons. The van der Waals surface area contributed by atoms with Crippen molar-refractivity contribution in [1.29, 1.82) is 0 Å². The first-order valence-electron chi connectivity index (χ1n) is 8.12. The highest BCUT2D eigenvalue weighted by atomic mass is 32.2. The zero-order valence-electron chi connectivity index (χ0n) is 14.8. The predicted molar refractivity (Wildman–Crippen MR) is 96.7 cm³/mol. The van der Waals surface area contributed by atoms with Gasteiger partial charge in [-0.2, -0.15) is 5.10 Å². The first-order chi connectivity index (χ1) is 12.8. The number of benzene rings is 1. The molecule has 1 N–H and O–H groups in total. The molecule has 0 saturated carbocycles. The maximum atomic E-state index is 13.3. The fourth-order valence-electron chi connectivity index (χ4n) is 2.50. The highest BCUT2D eigenvalue weighted by Crippen LogP contribution is 2.14. The molecule has 0 bridgehead atoms. The van der Waals surface area contributed by atoms with Gasteiger partial charge in [0.25, 0.3) is 5.56 Å². The molecule has 0 aliphatic heterocycles. The van der Waals surface area contributed by atoms with Crippen LogP contribution in [-0.2, 0) is 16.6 Å². The largest absolute Gasteiger partial charge is 0.287 e. The molecule has 3 rings (SSSR count). The van der Waals surface area contributed by atoms with E-state index in [9.17, 15) is 17.6 Å². The van der Waals surface area contributed by atoms with Crippen LogP contribution < -0.4 is 10.3 Å².